The number of rotatable bonds is 5. The maximum absolute atomic E-state index is 13.6. The predicted molar refractivity (Wildman–Crippen MR) is 102 cm³/mol. The highest BCUT2D eigenvalue weighted by atomic mass is 19.1. The smallest absolute Gasteiger partial charge is 0.260 e. The molecular weight excluding hydrogens is 359 g/mol. The Morgan fingerprint density at radius 1 is 0.929 bits per heavy atom. The third-order valence-corrected chi connectivity index (χ3v) is 5.47. The summed E-state index contributed by atoms with van der Waals surface area (Å²) in [5.74, 6) is -0.0301. The Hall–Kier alpha value is -2.89. The molecule has 0 bridgehead atoms. The number of carbonyl (C=O) groups is 2. The van der Waals surface area contributed by atoms with Crippen molar-refractivity contribution < 1.29 is 18.7 Å². The van der Waals surface area contributed by atoms with Crippen LogP contribution in [0.2, 0.25) is 0 Å². The molecule has 0 radical (unpaired) electrons. The number of ether oxygens (including phenoxy) is 1. The van der Waals surface area contributed by atoms with E-state index in [-0.39, 0.29) is 30.1 Å². The minimum atomic E-state index is -0.483. The van der Waals surface area contributed by atoms with Gasteiger partial charge < -0.3 is 14.5 Å². The van der Waals surface area contributed by atoms with Gasteiger partial charge in [0.05, 0.1) is 0 Å². The fraction of sp³-hybridized carbons (Fsp3) is 0.364. The summed E-state index contributed by atoms with van der Waals surface area (Å²) in [6.07, 6.45) is 0.901. The van der Waals surface area contributed by atoms with Crippen LogP contribution in [0.5, 0.6) is 5.75 Å². The molecule has 28 heavy (non-hydrogen) atoms. The van der Waals surface area contributed by atoms with E-state index in [4.69, 9.17) is 4.74 Å². The first-order valence-corrected chi connectivity index (χ1v) is 9.62. The molecule has 1 aliphatic heterocycles. The fourth-order valence-corrected chi connectivity index (χ4v) is 3.74. The normalized spacial score (nSPS) is 21.3. The largest absolute Gasteiger partial charge is 0.481 e. The Kier molecular flexibility index (Phi) is 5.28. The van der Waals surface area contributed by atoms with E-state index in [1.165, 1.54) is 17.7 Å². The van der Waals surface area contributed by atoms with Gasteiger partial charge in [0.25, 0.3) is 5.91 Å². The summed E-state index contributed by atoms with van der Waals surface area (Å²) in [5, 5.41) is 0. The van der Waals surface area contributed by atoms with Crippen LogP contribution in [-0.2, 0) is 9.59 Å². The van der Waals surface area contributed by atoms with E-state index in [1.54, 1.807) is 17.0 Å². The zero-order chi connectivity index (χ0) is 19.5. The molecular formula is C22H23FN2O3. The van der Waals surface area contributed by atoms with Crippen LogP contribution in [0.4, 0.5) is 4.39 Å². The third-order valence-electron chi connectivity index (χ3n) is 5.47. The van der Waals surface area contributed by atoms with E-state index in [9.17, 15) is 14.0 Å². The quantitative estimate of drug-likeness (QED) is 0.799. The Labute approximate surface area is 163 Å². The molecule has 0 unspecified atom stereocenters. The van der Waals surface area contributed by atoms with E-state index >= 15 is 0 Å². The second kappa shape index (κ2) is 8.00. The third kappa shape index (κ3) is 4.01. The highest BCUT2D eigenvalue weighted by Crippen LogP contribution is 2.48. The van der Waals surface area contributed by atoms with Crippen LogP contribution in [0.3, 0.4) is 0 Å². The van der Waals surface area contributed by atoms with Crippen LogP contribution < -0.4 is 4.74 Å². The van der Waals surface area contributed by atoms with Crippen LogP contribution >= 0.6 is 0 Å². The first-order valence-electron chi connectivity index (χ1n) is 9.62. The summed E-state index contributed by atoms with van der Waals surface area (Å²) >= 11 is 0. The van der Waals surface area contributed by atoms with Gasteiger partial charge in [0.15, 0.2) is 18.2 Å². The zero-order valence-electron chi connectivity index (χ0n) is 15.6. The first-order chi connectivity index (χ1) is 13.6. The monoisotopic (exact) mass is 382 g/mol. The van der Waals surface area contributed by atoms with E-state index in [0.29, 0.717) is 32.1 Å². The molecule has 0 spiro atoms. The molecule has 1 aliphatic carbocycles. The lowest BCUT2D eigenvalue weighted by Crippen LogP contribution is -2.52. The molecule has 2 fully saturated rings. The van der Waals surface area contributed by atoms with Gasteiger partial charge in [-0.15, -0.1) is 0 Å². The number of para-hydroxylation sites is 1. The molecule has 0 N–H and O–H groups in total. The van der Waals surface area contributed by atoms with Gasteiger partial charge in [-0.2, -0.15) is 0 Å². The molecule has 5 nitrogen and oxygen atoms in total. The number of nitrogens with zero attached hydrogens (tertiary/aromatic N) is 2. The highest BCUT2D eigenvalue weighted by molar-refractivity contribution is 5.83. The van der Waals surface area contributed by atoms with Gasteiger partial charge in [-0.05, 0) is 30.0 Å². The standard InChI is InChI=1S/C22H23FN2O3/c23-19-8-4-5-9-20(19)28-15-21(26)24-10-12-25(13-11-24)22(27)18-14-17(18)16-6-2-1-3-7-16/h1-9,17-18H,10-15H2/t17-,18-/m1/s1. The summed E-state index contributed by atoms with van der Waals surface area (Å²) < 4.78 is 18.9. The first kappa shape index (κ1) is 18.5. The van der Waals surface area contributed by atoms with Gasteiger partial charge in [0, 0.05) is 32.1 Å². The molecule has 2 aromatic carbocycles. The minimum Gasteiger partial charge on any atom is -0.481 e. The van der Waals surface area contributed by atoms with Crippen molar-refractivity contribution in [2.45, 2.75) is 12.3 Å². The molecule has 6 heteroatoms. The highest BCUT2D eigenvalue weighted by Gasteiger charge is 2.46. The average Bonchev–Trinajstić information content (AvgIpc) is 3.54. The number of benzene rings is 2. The van der Waals surface area contributed by atoms with Crippen molar-refractivity contribution in [3.05, 3.63) is 66.0 Å². The van der Waals surface area contributed by atoms with Crippen LogP contribution in [0.1, 0.15) is 17.9 Å². The number of amides is 2. The lowest BCUT2D eigenvalue weighted by atomic mass is 10.1. The van der Waals surface area contributed by atoms with E-state index in [0.717, 1.165) is 6.42 Å². The number of halogens is 1. The van der Waals surface area contributed by atoms with E-state index < -0.39 is 5.82 Å². The lowest BCUT2D eigenvalue weighted by Gasteiger charge is -2.35. The Balaban J connectivity index is 1.24. The summed E-state index contributed by atoms with van der Waals surface area (Å²) in [6.45, 7) is 1.82. The maximum Gasteiger partial charge on any atom is 0.260 e. The number of piperazine rings is 1. The van der Waals surface area contributed by atoms with Crippen LogP contribution in [0.25, 0.3) is 0 Å². The Morgan fingerprint density at radius 2 is 1.57 bits per heavy atom. The second-order valence-corrected chi connectivity index (χ2v) is 7.28. The van der Waals surface area contributed by atoms with Gasteiger partial charge in [-0.1, -0.05) is 42.5 Å². The van der Waals surface area contributed by atoms with Crippen LogP contribution in [0, 0.1) is 11.7 Å². The molecule has 1 saturated heterocycles. The van der Waals surface area contributed by atoms with Crippen LogP contribution in [-0.4, -0.2) is 54.4 Å². The van der Waals surface area contributed by atoms with Crippen molar-refractivity contribution in [3.63, 3.8) is 0 Å². The van der Waals surface area contributed by atoms with Crippen molar-refractivity contribution in [1.29, 1.82) is 0 Å². The fourth-order valence-electron chi connectivity index (χ4n) is 3.74. The molecule has 0 aromatic heterocycles. The molecule has 2 amide bonds. The molecule has 2 aliphatic rings. The van der Waals surface area contributed by atoms with Crippen LogP contribution in [0.15, 0.2) is 54.6 Å². The van der Waals surface area contributed by atoms with E-state index in [1.807, 2.05) is 23.1 Å². The predicted octanol–water partition coefficient (Wildman–Crippen LogP) is 2.68. The van der Waals surface area contributed by atoms with Gasteiger partial charge >= 0.3 is 0 Å². The molecule has 146 valence electrons. The van der Waals surface area contributed by atoms with Crippen molar-refractivity contribution in [2.75, 3.05) is 32.8 Å². The Morgan fingerprint density at radius 3 is 2.29 bits per heavy atom. The average molecular weight is 382 g/mol. The minimum absolute atomic E-state index is 0.0639. The van der Waals surface area contributed by atoms with Crippen molar-refractivity contribution in [3.8, 4) is 5.75 Å². The summed E-state index contributed by atoms with van der Waals surface area (Å²) in [7, 11) is 0. The number of hydrogen-bond donors (Lipinski definition) is 0. The van der Waals surface area contributed by atoms with Crippen molar-refractivity contribution in [2.24, 2.45) is 5.92 Å². The number of carbonyl (C=O) groups excluding carboxylic acids is 2. The van der Waals surface area contributed by atoms with Crippen molar-refractivity contribution in [1.82, 2.24) is 9.80 Å². The SMILES string of the molecule is O=C(COc1ccccc1F)N1CCN(C(=O)[C@@H]2C[C@@H]2c2ccccc2)CC1. The molecule has 2 aromatic rings. The molecule has 1 heterocycles. The van der Waals surface area contributed by atoms with Gasteiger partial charge in [0.2, 0.25) is 5.91 Å². The summed E-state index contributed by atoms with van der Waals surface area (Å²) in [4.78, 5) is 28.6. The van der Waals surface area contributed by atoms with E-state index in [2.05, 4.69) is 12.1 Å². The summed E-state index contributed by atoms with van der Waals surface area (Å²) in [5.41, 5.74) is 1.22. The van der Waals surface area contributed by atoms with Crippen molar-refractivity contribution >= 4 is 11.8 Å². The Bertz CT molecular complexity index is 850. The molecule has 2 atom stereocenters. The van der Waals surface area contributed by atoms with Gasteiger partial charge in [-0.25, -0.2) is 4.39 Å². The molecule has 1 saturated carbocycles. The van der Waals surface area contributed by atoms with Gasteiger partial charge in [-0.3, -0.25) is 9.59 Å². The van der Waals surface area contributed by atoms with Gasteiger partial charge in [0.1, 0.15) is 0 Å². The summed E-state index contributed by atoms with van der Waals surface area (Å²) in [6, 6.07) is 16.2. The molecule has 4 rings (SSSR count). The maximum atomic E-state index is 13.6. The lowest BCUT2D eigenvalue weighted by molar-refractivity contribution is -0.141. The second-order valence-electron chi connectivity index (χ2n) is 7.28. The number of hydrogen-bond acceptors (Lipinski definition) is 3. The zero-order valence-corrected chi connectivity index (χ0v) is 15.6. The topological polar surface area (TPSA) is 49.9 Å².